The van der Waals surface area contributed by atoms with E-state index in [0.717, 1.165) is 0 Å². The van der Waals surface area contributed by atoms with Crippen LogP contribution in [0.5, 0.6) is 0 Å². The Bertz CT molecular complexity index is 141. The molecule has 1 aliphatic rings. The smallest absolute Gasteiger partial charge is 0.184 e. The maximum Gasteiger partial charge on any atom is 0.184 e. The molecule has 5 atom stereocenters. The number of halogens is 1. The molecular weight excluding hydrogens is 155 g/mol. The molecule has 1 fully saturated rings. The lowest BCUT2D eigenvalue weighted by Gasteiger charge is -2.14. The van der Waals surface area contributed by atoms with Crippen LogP contribution in [0.2, 0.25) is 0 Å². The van der Waals surface area contributed by atoms with Crippen LogP contribution in [-0.2, 0) is 4.74 Å². The minimum absolute atomic E-state index is 1.13. The molecule has 11 heavy (non-hydrogen) atoms. The molecule has 66 valence electrons. The van der Waals surface area contributed by atoms with Crippen molar-refractivity contribution in [2.24, 2.45) is 0 Å². The maximum absolute atomic E-state index is 12.5. The summed E-state index contributed by atoms with van der Waals surface area (Å²) in [5.41, 5.74) is 0. The van der Waals surface area contributed by atoms with Gasteiger partial charge in [-0.2, -0.15) is 0 Å². The molecule has 4 nitrogen and oxygen atoms in total. The number of ether oxygens (including phenoxy) is 1. The van der Waals surface area contributed by atoms with E-state index in [1.54, 1.807) is 0 Å². The summed E-state index contributed by atoms with van der Waals surface area (Å²) in [7, 11) is 0. The number of rotatable bonds is 1. The zero-order valence-corrected chi connectivity index (χ0v) is 6.01. The van der Waals surface area contributed by atoms with E-state index in [4.69, 9.17) is 15.3 Å². The Morgan fingerprint density at radius 3 is 2.00 bits per heavy atom. The van der Waals surface area contributed by atoms with Gasteiger partial charge in [-0.15, -0.1) is 0 Å². The maximum atomic E-state index is 12.5. The fraction of sp³-hybridized carbons (Fsp3) is 1.00. The SMILES string of the molecule is CC(F)[C@H]1O[C@@H](O)C(O)C1O. The van der Waals surface area contributed by atoms with Gasteiger partial charge in [-0.25, -0.2) is 4.39 Å². The van der Waals surface area contributed by atoms with Crippen molar-refractivity contribution in [1.29, 1.82) is 0 Å². The lowest BCUT2D eigenvalue weighted by atomic mass is 10.1. The van der Waals surface area contributed by atoms with Crippen LogP contribution < -0.4 is 0 Å². The zero-order chi connectivity index (χ0) is 8.59. The molecule has 3 N–H and O–H groups in total. The molecule has 1 heterocycles. The summed E-state index contributed by atoms with van der Waals surface area (Å²) in [4.78, 5) is 0. The first-order valence-electron chi connectivity index (χ1n) is 3.37. The van der Waals surface area contributed by atoms with Crippen molar-refractivity contribution in [3.8, 4) is 0 Å². The number of hydrogen-bond acceptors (Lipinski definition) is 4. The predicted octanol–water partition coefficient (Wildman–Crippen LogP) is -1.22. The van der Waals surface area contributed by atoms with Gasteiger partial charge in [0.25, 0.3) is 0 Å². The molecule has 0 radical (unpaired) electrons. The summed E-state index contributed by atoms with van der Waals surface area (Å²) < 4.78 is 17.0. The van der Waals surface area contributed by atoms with Crippen LogP contribution in [0.25, 0.3) is 0 Å². The minimum atomic E-state index is -1.48. The van der Waals surface area contributed by atoms with Crippen LogP contribution in [0.15, 0.2) is 0 Å². The van der Waals surface area contributed by atoms with Crippen molar-refractivity contribution in [2.75, 3.05) is 0 Å². The summed E-state index contributed by atoms with van der Waals surface area (Å²) in [6.07, 6.45) is -6.76. The standard InChI is InChI=1S/C6H11FO4/c1-2(7)5-3(8)4(9)6(10)11-5/h2-6,8-10H,1H3/t2?,3?,4?,5-,6-/m1/s1. The van der Waals surface area contributed by atoms with Gasteiger partial charge in [0.15, 0.2) is 6.29 Å². The molecule has 1 saturated heterocycles. The molecule has 1 rings (SSSR count). The first-order valence-corrected chi connectivity index (χ1v) is 3.37. The van der Waals surface area contributed by atoms with Gasteiger partial charge in [0.2, 0.25) is 0 Å². The van der Waals surface area contributed by atoms with Crippen molar-refractivity contribution in [2.45, 2.75) is 37.7 Å². The van der Waals surface area contributed by atoms with E-state index >= 15 is 0 Å². The van der Waals surface area contributed by atoms with E-state index in [1.807, 2.05) is 0 Å². The third-order valence-electron chi connectivity index (χ3n) is 1.73. The Labute approximate surface area is 63.2 Å². The monoisotopic (exact) mass is 166 g/mol. The molecule has 1 aliphatic heterocycles. The highest BCUT2D eigenvalue weighted by Crippen LogP contribution is 2.23. The van der Waals surface area contributed by atoms with Crippen molar-refractivity contribution >= 4 is 0 Å². The molecule has 0 aromatic heterocycles. The van der Waals surface area contributed by atoms with Gasteiger partial charge in [-0.05, 0) is 6.92 Å². The molecular formula is C6H11FO4. The summed E-state index contributed by atoms with van der Waals surface area (Å²) >= 11 is 0. The van der Waals surface area contributed by atoms with E-state index in [0.29, 0.717) is 0 Å². The number of alkyl halides is 1. The second-order valence-corrected chi connectivity index (χ2v) is 2.65. The van der Waals surface area contributed by atoms with Gasteiger partial charge in [0, 0.05) is 0 Å². The van der Waals surface area contributed by atoms with Crippen LogP contribution in [0.3, 0.4) is 0 Å². The van der Waals surface area contributed by atoms with Crippen LogP contribution in [-0.4, -0.2) is 46.1 Å². The lowest BCUT2D eigenvalue weighted by Crippen LogP contribution is -2.35. The van der Waals surface area contributed by atoms with Gasteiger partial charge < -0.3 is 20.1 Å². The normalized spacial score (nSPS) is 47.7. The third kappa shape index (κ3) is 1.51. The average molecular weight is 166 g/mol. The van der Waals surface area contributed by atoms with E-state index in [1.165, 1.54) is 6.92 Å². The highest BCUT2D eigenvalue weighted by atomic mass is 19.1. The molecule has 0 aliphatic carbocycles. The Hall–Kier alpha value is -0.230. The quantitative estimate of drug-likeness (QED) is 0.457. The summed E-state index contributed by atoms with van der Waals surface area (Å²) in [6, 6.07) is 0. The van der Waals surface area contributed by atoms with Crippen molar-refractivity contribution < 1.29 is 24.4 Å². The van der Waals surface area contributed by atoms with Gasteiger partial charge in [-0.3, -0.25) is 0 Å². The Kier molecular flexibility index (Phi) is 2.43. The van der Waals surface area contributed by atoms with Gasteiger partial charge in [-0.1, -0.05) is 0 Å². The number of hydrogen-bond donors (Lipinski definition) is 3. The second-order valence-electron chi connectivity index (χ2n) is 2.65. The lowest BCUT2D eigenvalue weighted by molar-refractivity contribution is -0.136. The van der Waals surface area contributed by atoms with E-state index in [9.17, 15) is 4.39 Å². The van der Waals surface area contributed by atoms with Crippen molar-refractivity contribution in [1.82, 2.24) is 0 Å². The fourth-order valence-corrected chi connectivity index (χ4v) is 1.06. The van der Waals surface area contributed by atoms with Crippen LogP contribution >= 0.6 is 0 Å². The topological polar surface area (TPSA) is 69.9 Å². The molecule has 0 amide bonds. The van der Waals surface area contributed by atoms with Gasteiger partial charge >= 0.3 is 0 Å². The Morgan fingerprint density at radius 2 is 1.82 bits per heavy atom. The fourth-order valence-electron chi connectivity index (χ4n) is 1.06. The molecule has 0 bridgehead atoms. The summed E-state index contributed by atoms with van der Waals surface area (Å²) in [5.74, 6) is 0. The van der Waals surface area contributed by atoms with Crippen molar-refractivity contribution in [3.05, 3.63) is 0 Å². The van der Waals surface area contributed by atoms with E-state index in [-0.39, 0.29) is 0 Å². The molecule has 3 unspecified atom stereocenters. The van der Waals surface area contributed by atoms with Crippen LogP contribution in [0.1, 0.15) is 6.92 Å². The Balaban J connectivity index is 2.59. The van der Waals surface area contributed by atoms with Gasteiger partial charge in [0.1, 0.15) is 24.5 Å². The average Bonchev–Trinajstić information content (AvgIpc) is 2.17. The first kappa shape index (κ1) is 8.86. The largest absolute Gasteiger partial charge is 0.387 e. The molecule has 0 aromatic rings. The highest BCUT2D eigenvalue weighted by Gasteiger charge is 2.44. The predicted molar refractivity (Wildman–Crippen MR) is 33.5 cm³/mol. The van der Waals surface area contributed by atoms with E-state index < -0.39 is 30.8 Å². The number of aliphatic hydroxyl groups excluding tert-OH is 3. The highest BCUT2D eigenvalue weighted by molar-refractivity contribution is 4.88. The zero-order valence-electron chi connectivity index (χ0n) is 6.01. The van der Waals surface area contributed by atoms with Crippen molar-refractivity contribution in [3.63, 3.8) is 0 Å². The Morgan fingerprint density at radius 1 is 1.27 bits per heavy atom. The molecule has 5 heteroatoms. The van der Waals surface area contributed by atoms with Crippen LogP contribution in [0, 0.1) is 0 Å². The van der Waals surface area contributed by atoms with Gasteiger partial charge in [0.05, 0.1) is 0 Å². The summed E-state index contributed by atoms with van der Waals surface area (Å²) in [5, 5.41) is 26.7. The number of aliphatic hydroxyl groups is 3. The van der Waals surface area contributed by atoms with E-state index in [2.05, 4.69) is 4.74 Å². The molecule has 0 aromatic carbocycles. The second kappa shape index (κ2) is 3.02. The van der Waals surface area contributed by atoms with Crippen LogP contribution in [0.4, 0.5) is 4.39 Å². The first-order chi connectivity index (χ1) is 5.04. The summed E-state index contributed by atoms with van der Waals surface area (Å²) in [6.45, 7) is 1.19. The minimum Gasteiger partial charge on any atom is -0.387 e. The molecule has 0 spiro atoms. The molecule has 0 saturated carbocycles. The third-order valence-corrected chi connectivity index (χ3v) is 1.73.